The van der Waals surface area contributed by atoms with Crippen LogP contribution in [0.25, 0.3) is 17.3 Å². The molecule has 4 rings (SSSR count). The average molecular weight is 440 g/mol. The Bertz CT molecular complexity index is 1250. The summed E-state index contributed by atoms with van der Waals surface area (Å²) in [6.07, 6.45) is 6.82. The molecule has 0 saturated carbocycles. The Hall–Kier alpha value is -4.06. The van der Waals surface area contributed by atoms with Crippen LogP contribution in [0.2, 0.25) is 0 Å². The van der Waals surface area contributed by atoms with Crippen LogP contribution in [0.3, 0.4) is 0 Å². The lowest BCUT2D eigenvalue weighted by Gasteiger charge is -2.15. The third kappa shape index (κ3) is 5.06. The SMILES string of the molecule is CCc1ccc(-c2nn(Cc3ccccc3)cc2C=CC(=O)C2C(=O)C=C(C)OC2=O)cc1. The van der Waals surface area contributed by atoms with E-state index >= 15 is 0 Å². The second-order valence-electron chi connectivity index (χ2n) is 7.91. The number of nitrogens with zero attached hydrogens (tertiary/aromatic N) is 2. The zero-order chi connectivity index (χ0) is 23.4. The van der Waals surface area contributed by atoms with Crippen molar-refractivity contribution in [2.75, 3.05) is 0 Å². The van der Waals surface area contributed by atoms with Gasteiger partial charge in [0, 0.05) is 23.4 Å². The Morgan fingerprint density at radius 2 is 1.79 bits per heavy atom. The van der Waals surface area contributed by atoms with Gasteiger partial charge in [0.05, 0.1) is 12.2 Å². The molecule has 0 bridgehead atoms. The van der Waals surface area contributed by atoms with Crippen LogP contribution in [0.5, 0.6) is 0 Å². The van der Waals surface area contributed by atoms with Crippen LogP contribution in [0.1, 0.15) is 30.5 Å². The van der Waals surface area contributed by atoms with Crippen molar-refractivity contribution in [3.8, 4) is 11.3 Å². The maximum absolute atomic E-state index is 12.7. The molecule has 0 amide bonds. The lowest BCUT2D eigenvalue weighted by molar-refractivity contribution is -0.151. The largest absolute Gasteiger partial charge is 0.430 e. The Morgan fingerprint density at radius 1 is 1.06 bits per heavy atom. The molecule has 0 saturated heterocycles. The zero-order valence-electron chi connectivity index (χ0n) is 18.5. The van der Waals surface area contributed by atoms with Crippen molar-refractivity contribution in [1.82, 2.24) is 9.78 Å². The monoisotopic (exact) mass is 440 g/mol. The summed E-state index contributed by atoms with van der Waals surface area (Å²) in [7, 11) is 0. The molecular formula is C27H24N2O4. The smallest absolute Gasteiger partial charge is 0.329 e. The molecular weight excluding hydrogens is 416 g/mol. The summed E-state index contributed by atoms with van der Waals surface area (Å²) in [6.45, 7) is 4.17. The summed E-state index contributed by atoms with van der Waals surface area (Å²) in [4.78, 5) is 36.9. The maximum atomic E-state index is 12.7. The molecule has 6 nitrogen and oxygen atoms in total. The lowest BCUT2D eigenvalue weighted by atomic mass is 9.95. The number of esters is 1. The van der Waals surface area contributed by atoms with E-state index in [0.29, 0.717) is 17.8 Å². The number of aryl methyl sites for hydroxylation is 1. The van der Waals surface area contributed by atoms with Crippen LogP contribution in [-0.2, 0) is 32.1 Å². The number of hydrogen-bond donors (Lipinski definition) is 0. The first-order valence-corrected chi connectivity index (χ1v) is 10.8. The van der Waals surface area contributed by atoms with E-state index in [1.54, 1.807) is 6.08 Å². The minimum absolute atomic E-state index is 0.193. The van der Waals surface area contributed by atoms with Crippen LogP contribution in [0.15, 0.2) is 78.7 Å². The van der Waals surface area contributed by atoms with E-state index in [-0.39, 0.29) is 5.76 Å². The van der Waals surface area contributed by atoms with Gasteiger partial charge in [-0.2, -0.15) is 5.10 Å². The lowest BCUT2D eigenvalue weighted by Crippen LogP contribution is -2.34. The number of rotatable bonds is 7. The molecule has 1 unspecified atom stereocenters. The molecule has 0 aliphatic carbocycles. The third-order valence-corrected chi connectivity index (χ3v) is 5.45. The number of benzene rings is 2. The summed E-state index contributed by atoms with van der Waals surface area (Å²) in [5.74, 6) is -3.29. The molecule has 0 N–H and O–H groups in total. The van der Waals surface area contributed by atoms with Crippen LogP contribution in [-0.4, -0.2) is 27.3 Å². The number of hydrogen-bond acceptors (Lipinski definition) is 5. The molecule has 2 heterocycles. The second kappa shape index (κ2) is 9.61. The molecule has 6 heteroatoms. The van der Waals surface area contributed by atoms with Gasteiger partial charge >= 0.3 is 5.97 Å². The molecule has 0 radical (unpaired) electrons. The van der Waals surface area contributed by atoms with Crippen LogP contribution >= 0.6 is 0 Å². The quantitative estimate of drug-likeness (QED) is 0.309. The maximum Gasteiger partial charge on any atom is 0.329 e. The van der Waals surface area contributed by atoms with Gasteiger partial charge in [0.25, 0.3) is 0 Å². The number of allylic oxidation sites excluding steroid dienone is 3. The minimum Gasteiger partial charge on any atom is -0.430 e. The van der Waals surface area contributed by atoms with Gasteiger partial charge in [0.2, 0.25) is 0 Å². The molecule has 0 fully saturated rings. The van der Waals surface area contributed by atoms with Gasteiger partial charge < -0.3 is 4.74 Å². The normalized spacial score (nSPS) is 16.1. The van der Waals surface area contributed by atoms with E-state index in [1.165, 1.54) is 24.6 Å². The zero-order valence-corrected chi connectivity index (χ0v) is 18.5. The van der Waals surface area contributed by atoms with Gasteiger partial charge in [0.15, 0.2) is 17.5 Å². The van der Waals surface area contributed by atoms with E-state index in [0.717, 1.165) is 17.5 Å². The topological polar surface area (TPSA) is 78.3 Å². The predicted octanol–water partition coefficient (Wildman–Crippen LogP) is 4.39. The van der Waals surface area contributed by atoms with Crippen molar-refractivity contribution in [3.05, 3.63) is 95.4 Å². The van der Waals surface area contributed by atoms with Gasteiger partial charge in [-0.3, -0.25) is 19.1 Å². The Labute approximate surface area is 192 Å². The summed E-state index contributed by atoms with van der Waals surface area (Å²) in [5, 5.41) is 4.75. The highest BCUT2D eigenvalue weighted by molar-refractivity contribution is 6.25. The molecule has 166 valence electrons. The first-order chi connectivity index (χ1) is 15.9. The van der Waals surface area contributed by atoms with E-state index in [1.807, 2.05) is 53.3 Å². The fourth-order valence-electron chi connectivity index (χ4n) is 3.70. The van der Waals surface area contributed by atoms with Crippen molar-refractivity contribution in [3.63, 3.8) is 0 Å². The van der Waals surface area contributed by atoms with Crippen molar-refractivity contribution in [2.45, 2.75) is 26.8 Å². The number of carbonyl (C=O) groups is 3. The first kappa shape index (κ1) is 22.1. The van der Waals surface area contributed by atoms with Gasteiger partial charge in [-0.25, -0.2) is 0 Å². The number of ketones is 2. The highest BCUT2D eigenvalue weighted by Crippen LogP contribution is 2.25. The number of carbonyl (C=O) groups excluding carboxylic acids is 3. The van der Waals surface area contributed by atoms with Crippen molar-refractivity contribution < 1.29 is 19.1 Å². The molecule has 3 aromatic rings. The molecule has 2 aromatic carbocycles. The van der Waals surface area contributed by atoms with Gasteiger partial charge in [-0.15, -0.1) is 0 Å². The second-order valence-corrected chi connectivity index (χ2v) is 7.91. The molecule has 1 atom stereocenters. The average Bonchev–Trinajstić information content (AvgIpc) is 3.20. The molecule has 33 heavy (non-hydrogen) atoms. The number of aromatic nitrogens is 2. The summed E-state index contributed by atoms with van der Waals surface area (Å²) in [5.41, 5.74) is 4.65. The molecule has 1 aromatic heterocycles. The van der Waals surface area contributed by atoms with Crippen LogP contribution in [0, 0.1) is 5.92 Å². The molecule has 0 spiro atoms. The summed E-state index contributed by atoms with van der Waals surface area (Å²) in [6, 6.07) is 18.1. The first-order valence-electron chi connectivity index (χ1n) is 10.8. The van der Waals surface area contributed by atoms with E-state index in [9.17, 15) is 14.4 Å². The third-order valence-electron chi connectivity index (χ3n) is 5.45. The molecule has 1 aliphatic heterocycles. The van der Waals surface area contributed by atoms with Gasteiger partial charge in [-0.1, -0.05) is 61.5 Å². The van der Waals surface area contributed by atoms with Crippen molar-refractivity contribution >= 4 is 23.6 Å². The fraction of sp³-hybridized carbons (Fsp3) is 0.185. The predicted molar refractivity (Wildman–Crippen MR) is 125 cm³/mol. The highest BCUT2D eigenvalue weighted by Gasteiger charge is 2.36. The van der Waals surface area contributed by atoms with E-state index < -0.39 is 23.5 Å². The van der Waals surface area contributed by atoms with Crippen molar-refractivity contribution in [2.24, 2.45) is 5.92 Å². The standard InChI is InChI=1S/C27H24N2O4/c1-3-19-9-11-21(12-10-19)26-22(17-29(28-26)16-20-7-5-4-6-8-20)13-14-23(30)25-24(31)15-18(2)33-27(25)32/h4-15,17,25H,3,16H2,1-2H3. The molecule has 1 aliphatic rings. The highest BCUT2D eigenvalue weighted by atomic mass is 16.5. The number of cyclic esters (lactones) is 1. The van der Waals surface area contributed by atoms with Crippen molar-refractivity contribution in [1.29, 1.82) is 0 Å². The Balaban J connectivity index is 1.65. The summed E-state index contributed by atoms with van der Waals surface area (Å²) < 4.78 is 6.77. The summed E-state index contributed by atoms with van der Waals surface area (Å²) >= 11 is 0. The fourth-order valence-corrected chi connectivity index (χ4v) is 3.70. The van der Waals surface area contributed by atoms with E-state index in [4.69, 9.17) is 9.84 Å². The van der Waals surface area contributed by atoms with Crippen LogP contribution < -0.4 is 0 Å². The van der Waals surface area contributed by atoms with E-state index in [2.05, 4.69) is 19.1 Å². The van der Waals surface area contributed by atoms with Gasteiger partial charge in [0.1, 0.15) is 5.76 Å². The van der Waals surface area contributed by atoms with Gasteiger partial charge in [-0.05, 0) is 36.6 Å². The Morgan fingerprint density at radius 3 is 2.45 bits per heavy atom. The number of ether oxygens (including phenoxy) is 1. The Kier molecular flexibility index (Phi) is 6.45. The minimum atomic E-state index is -1.46. The van der Waals surface area contributed by atoms with Crippen LogP contribution in [0.4, 0.5) is 0 Å².